The van der Waals surface area contributed by atoms with Gasteiger partial charge in [0, 0.05) is 11.5 Å². The number of aromatic nitrogens is 2. The number of nitrogens with zero attached hydrogens (tertiary/aromatic N) is 2. The predicted molar refractivity (Wildman–Crippen MR) is 59.0 cm³/mol. The Morgan fingerprint density at radius 3 is 2.94 bits per heavy atom. The van der Waals surface area contributed by atoms with Crippen LogP contribution >= 0.6 is 11.6 Å². The van der Waals surface area contributed by atoms with E-state index in [0.717, 1.165) is 5.39 Å². The number of halogens is 2. The van der Waals surface area contributed by atoms with E-state index < -0.39 is 0 Å². The number of furan rings is 1. The van der Waals surface area contributed by atoms with E-state index in [1.54, 1.807) is 13.0 Å². The summed E-state index contributed by atoms with van der Waals surface area (Å²) in [5.41, 5.74) is 1.44. The monoisotopic (exact) mass is 236 g/mol. The van der Waals surface area contributed by atoms with Crippen molar-refractivity contribution in [3.05, 3.63) is 35.0 Å². The molecule has 3 rings (SSSR count). The molecule has 0 saturated heterocycles. The molecule has 3 nitrogen and oxygen atoms in total. The SMILES string of the molecule is Cc1nc(Cl)c2oc3cc(F)ccc3c2n1. The maximum absolute atomic E-state index is 13.0. The van der Waals surface area contributed by atoms with Crippen LogP contribution in [0.3, 0.4) is 0 Å². The lowest BCUT2D eigenvalue weighted by Gasteiger charge is -1.93. The third-order valence-corrected chi connectivity index (χ3v) is 2.60. The van der Waals surface area contributed by atoms with Crippen LogP contribution < -0.4 is 0 Å². The zero-order chi connectivity index (χ0) is 11.3. The fraction of sp³-hybridized carbons (Fsp3) is 0.0909. The van der Waals surface area contributed by atoms with Gasteiger partial charge in [-0.15, -0.1) is 0 Å². The largest absolute Gasteiger partial charge is 0.451 e. The molecule has 1 aromatic carbocycles. The standard InChI is InChI=1S/C11H6ClFN2O/c1-5-14-9-7-3-2-6(13)4-8(7)16-10(9)11(12)15-5/h2-4H,1H3. The first-order valence-corrected chi connectivity index (χ1v) is 5.05. The molecule has 0 fully saturated rings. The number of fused-ring (bicyclic) bond motifs is 3. The molecule has 3 aromatic rings. The van der Waals surface area contributed by atoms with E-state index in [1.165, 1.54) is 12.1 Å². The fourth-order valence-electron chi connectivity index (χ4n) is 1.69. The van der Waals surface area contributed by atoms with Crippen LogP contribution in [0.4, 0.5) is 4.39 Å². The third-order valence-electron chi connectivity index (χ3n) is 2.35. The van der Waals surface area contributed by atoms with E-state index in [-0.39, 0.29) is 11.0 Å². The molecular formula is C11H6ClFN2O. The van der Waals surface area contributed by atoms with Gasteiger partial charge in [-0.25, -0.2) is 14.4 Å². The van der Waals surface area contributed by atoms with Crippen molar-refractivity contribution in [2.45, 2.75) is 6.92 Å². The summed E-state index contributed by atoms with van der Waals surface area (Å²) in [6.45, 7) is 1.74. The summed E-state index contributed by atoms with van der Waals surface area (Å²) < 4.78 is 18.4. The van der Waals surface area contributed by atoms with E-state index in [0.29, 0.717) is 22.5 Å². The Labute approximate surface area is 94.9 Å². The van der Waals surface area contributed by atoms with Gasteiger partial charge in [0.2, 0.25) is 0 Å². The van der Waals surface area contributed by atoms with Gasteiger partial charge in [-0.1, -0.05) is 11.6 Å². The van der Waals surface area contributed by atoms with Crippen LogP contribution in [0, 0.1) is 12.7 Å². The molecule has 2 heterocycles. The fourth-order valence-corrected chi connectivity index (χ4v) is 1.94. The molecule has 0 N–H and O–H groups in total. The highest BCUT2D eigenvalue weighted by Gasteiger charge is 2.13. The maximum Gasteiger partial charge on any atom is 0.191 e. The number of aryl methyl sites for hydroxylation is 1. The lowest BCUT2D eigenvalue weighted by Crippen LogP contribution is -1.87. The van der Waals surface area contributed by atoms with E-state index >= 15 is 0 Å². The summed E-state index contributed by atoms with van der Waals surface area (Å²) in [4.78, 5) is 8.23. The van der Waals surface area contributed by atoms with Crippen molar-refractivity contribution in [2.75, 3.05) is 0 Å². The van der Waals surface area contributed by atoms with Gasteiger partial charge in [0.1, 0.15) is 22.7 Å². The number of benzene rings is 1. The first-order valence-electron chi connectivity index (χ1n) is 4.67. The highest BCUT2D eigenvalue weighted by molar-refractivity contribution is 6.34. The molecular weight excluding hydrogens is 231 g/mol. The van der Waals surface area contributed by atoms with Gasteiger partial charge in [-0.3, -0.25) is 0 Å². The maximum atomic E-state index is 13.0. The summed E-state index contributed by atoms with van der Waals surface area (Å²) >= 11 is 5.93. The molecule has 0 aliphatic rings. The molecule has 0 spiro atoms. The summed E-state index contributed by atoms with van der Waals surface area (Å²) in [5, 5.41) is 0.989. The van der Waals surface area contributed by atoms with Gasteiger partial charge in [0.05, 0.1) is 0 Å². The summed E-state index contributed by atoms with van der Waals surface area (Å²) in [6.07, 6.45) is 0. The van der Waals surface area contributed by atoms with E-state index in [9.17, 15) is 4.39 Å². The van der Waals surface area contributed by atoms with Crippen molar-refractivity contribution in [3.8, 4) is 0 Å². The smallest absolute Gasteiger partial charge is 0.191 e. The molecule has 16 heavy (non-hydrogen) atoms. The minimum absolute atomic E-state index is 0.249. The van der Waals surface area contributed by atoms with Crippen molar-refractivity contribution in [1.82, 2.24) is 9.97 Å². The van der Waals surface area contributed by atoms with Gasteiger partial charge in [0.25, 0.3) is 0 Å². The first kappa shape index (κ1) is 9.54. The Morgan fingerprint density at radius 2 is 2.12 bits per heavy atom. The molecule has 0 atom stereocenters. The molecule has 0 saturated carbocycles. The Morgan fingerprint density at radius 1 is 1.31 bits per heavy atom. The van der Waals surface area contributed by atoms with Crippen LogP contribution in [0.1, 0.15) is 5.82 Å². The minimum atomic E-state index is -0.354. The van der Waals surface area contributed by atoms with Crippen molar-refractivity contribution < 1.29 is 8.81 Å². The molecule has 80 valence electrons. The van der Waals surface area contributed by atoms with Crippen LogP contribution in [0.2, 0.25) is 5.15 Å². The second kappa shape index (κ2) is 3.15. The van der Waals surface area contributed by atoms with Crippen molar-refractivity contribution in [1.29, 1.82) is 0 Å². The van der Waals surface area contributed by atoms with Crippen LogP contribution in [-0.4, -0.2) is 9.97 Å². The summed E-state index contributed by atoms with van der Waals surface area (Å²) in [6, 6.07) is 4.30. The van der Waals surface area contributed by atoms with Gasteiger partial charge in [0.15, 0.2) is 10.7 Å². The lowest BCUT2D eigenvalue weighted by atomic mass is 10.2. The molecule has 0 amide bonds. The van der Waals surface area contributed by atoms with Crippen molar-refractivity contribution in [3.63, 3.8) is 0 Å². The topological polar surface area (TPSA) is 38.9 Å². The molecule has 5 heteroatoms. The van der Waals surface area contributed by atoms with Gasteiger partial charge >= 0.3 is 0 Å². The lowest BCUT2D eigenvalue weighted by molar-refractivity contribution is 0.618. The Hall–Kier alpha value is -1.68. The molecule has 2 aromatic heterocycles. The second-order valence-corrected chi connectivity index (χ2v) is 3.84. The number of rotatable bonds is 0. The summed E-state index contributed by atoms with van der Waals surface area (Å²) in [7, 11) is 0. The number of hydrogen-bond acceptors (Lipinski definition) is 3. The van der Waals surface area contributed by atoms with Crippen molar-refractivity contribution >= 4 is 33.7 Å². The highest BCUT2D eigenvalue weighted by atomic mass is 35.5. The molecule has 0 bridgehead atoms. The Balaban J connectivity index is 2.55. The van der Waals surface area contributed by atoms with Crippen LogP contribution in [0.25, 0.3) is 22.1 Å². The second-order valence-electron chi connectivity index (χ2n) is 3.48. The van der Waals surface area contributed by atoms with E-state index in [4.69, 9.17) is 16.0 Å². The van der Waals surface area contributed by atoms with Gasteiger partial charge in [-0.2, -0.15) is 0 Å². The van der Waals surface area contributed by atoms with Gasteiger partial charge < -0.3 is 4.42 Å². The Bertz CT molecular complexity index is 708. The highest BCUT2D eigenvalue weighted by Crippen LogP contribution is 2.31. The van der Waals surface area contributed by atoms with Crippen LogP contribution in [0.15, 0.2) is 22.6 Å². The van der Waals surface area contributed by atoms with Crippen LogP contribution in [0.5, 0.6) is 0 Å². The zero-order valence-corrected chi connectivity index (χ0v) is 9.05. The predicted octanol–water partition coefficient (Wildman–Crippen LogP) is 3.48. The molecule has 0 aliphatic carbocycles. The quantitative estimate of drug-likeness (QED) is 0.561. The molecule has 0 aliphatic heterocycles. The first-order chi connectivity index (χ1) is 7.65. The average molecular weight is 237 g/mol. The zero-order valence-electron chi connectivity index (χ0n) is 8.29. The minimum Gasteiger partial charge on any atom is -0.451 e. The van der Waals surface area contributed by atoms with E-state index in [2.05, 4.69) is 9.97 Å². The van der Waals surface area contributed by atoms with Gasteiger partial charge in [-0.05, 0) is 19.1 Å². The normalized spacial score (nSPS) is 11.4. The summed E-state index contributed by atoms with van der Waals surface area (Å²) in [5.74, 6) is 0.205. The molecule has 0 unspecified atom stereocenters. The third kappa shape index (κ3) is 1.27. The van der Waals surface area contributed by atoms with E-state index in [1.807, 2.05) is 0 Å². The number of hydrogen-bond donors (Lipinski definition) is 0. The average Bonchev–Trinajstić information content (AvgIpc) is 2.56. The Kier molecular flexibility index (Phi) is 1.88. The molecule has 0 radical (unpaired) electrons. The van der Waals surface area contributed by atoms with Crippen molar-refractivity contribution in [2.24, 2.45) is 0 Å². The van der Waals surface area contributed by atoms with Crippen LogP contribution in [-0.2, 0) is 0 Å².